The van der Waals surface area contributed by atoms with Crippen LogP contribution in [-0.4, -0.2) is 0 Å². The Bertz CT molecular complexity index is 334. The number of hydrogen-bond acceptors (Lipinski definition) is 1. The SMILES string of the molecule is CC(=CCl)Oc1cccc(Cl)c1Cl. The highest BCUT2D eigenvalue weighted by atomic mass is 35.5. The van der Waals surface area contributed by atoms with Gasteiger partial charge in [-0.05, 0) is 19.1 Å². The third kappa shape index (κ3) is 2.80. The molecule has 0 spiro atoms. The molecule has 1 aromatic carbocycles. The summed E-state index contributed by atoms with van der Waals surface area (Å²) in [5, 5.41) is 0.851. The Kier molecular flexibility index (Phi) is 3.91. The standard InChI is InChI=1S/C9H7Cl3O/c1-6(5-10)13-8-4-2-3-7(11)9(8)12/h2-5H,1H3. The molecule has 0 heterocycles. The van der Waals surface area contributed by atoms with Gasteiger partial charge in [0.25, 0.3) is 0 Å². The summed E-state index contributed by atoms with van der Waals surface area (Å²) in [6.45, 7) is 1.73. The number of allylic oxidation sites excluding steroid dienone is 1. The average Bonchev–Trinajstić information content (AvgIpc) is 2.13. The Labute approximate surface area is 91.9 Å². The summed E-state index contributed by atoms with van der Waals surface area (Å²) >= 11 is 17.1. The van der Waals surface area contributed by atoms with Gasteiger partial charge >= 0.3 is 0 Å². The minimum atomic E-state index is 0.391. The van der Waals surface area contributed by atoms with Crippen LogP contribution in [0, 0.1) is 0 Å². The van der Waals surface area contributed by atoms with Crippen LogP contribution in [0.3, 0.4) is 0 Å². The molecule has 1 rings (SSSR count). The van der Waals surface area contributed by atoms with Crippen molar-refractivity contribution in [3.8, 4) is 5.75 Å². The van der Waals surface area contributed by atoms with Crippen LogP contribution in [0.1, 0.15) is 6.92 Å². The van der Waals surface area contributed by atoms with E-state index >= 15 is 0 Å². The first-order chi connectivity index (χ1) is 6.15. The maximum absolute atomic E-state index is 5.87. The van der Waals surface area contributed by atoms with Crippen molar-refractivity contribution in [3.05, 3.63) is 39.5 Å². The van der Waals surface area contributed by atoms with Crippen LogP contribution in [0.25, 0.3) is 0 Å². The summed E-state index contributed by atoms with van der Waals surface area (Å²) in [6, 6.07) is 5.17. The highest BCUT2D eigenvalue weighted by Crippen LogP contribution is 2.32. The van der Waals surface area contributed by atoms with Gasteiger partial charge in [0.05, 0.1) is 5.02 Å². The molecule has 0 unspecified atom stereocenters. The molecule has 0 fully saturated rings. The lowest BCUT2D eigenvalue weighted by molar-refractivity contribution is 0.429. The van der Waals surface area contributed by atoms with Gasteiger partial charge in [-0.3, -0.25) is 0 Å². The Balaban J connectivity index is 2.96. The second-order valence-corrected chi connectivity index (χ2v) is 3.38. The molecule has 70 valence electrons. The van der Waals surface area contributed by atoms with Gasteiger partial charge in [0, 0.05) is 5.54 Å². The first-order valence-electron chi connectivity index (χ1n) is 3.54. The zero-order valence-corrected chi connectivity index (χ0v) is 9.12. The lowest BCUT2D eigenvalue weighted by atomic mass is 10.3. The van der Waals surface area contributed by atoms with Crippen molar-refractivity contribution in [2.45, 2.75) is 6.92 Å². The largest absolute Gasteiger partial charge is 0.459 e. The predicted octanol–water partition coefficient (Wildman–Crippen LogP) is 4.47. The zero-order chi connectivity index (χ0) is 9.84. The van der Waals surface area contributed by atoms with Crippen molar-refractivity contribution in [1.82, 2.24) is 0 Å². The Morgan fingerprint density at radius 1 is 1.38 bits per heavy atom. The number of halogens is 3. The molecule has 0 aliphatic carbocycles. The highest BCUT2D eigenvalue weighted by molar-refractivity contribution is 6.42. The minimum absolute atomic E-state index is 0.391. The normalized spacial score (nSPS) is 11.5. The van der Waals surface area contributed by atoms with Gasteiger partial charge in [-0.25, -0.2) is 0 Å². The topological polar surface area (TPSA) is 9.23 Å². The molecule has 4 heteroatoms. The summed E-state index contributed by atoms with van der Waals surface area (Å²) in [4.78, 5) is 0. The third-order valence-corrected chi connectivity index (χ3v) is 2.45. The zero-order valence-electron chi connectivity index (χ0n) is 6.85. The van der Waals surface area contributed by atoms with Gasteiger partial charge in [0.1, 0.15) is 16.5 Å². The summed E-state index contributed by atoms with van der Waals surface area (Å²) in [6.07, 6.45) is 0. The monoisotopic (exact) mass is 236 g/mol. The molecule has 0 amide bonds. The van der Waals surface area contributed by atoms with Crippen LogP contribution < -0.4 is 4.74 Å². The van der Waals surface area contributed by atoms with E-state index in [1.165, 1.54) is 5.54 Å². The number of rotatable bonds is 2. The van der Waals surface area contributed by atoms with Crippen LogP contribution >= 0.6 is 34.8 Å². The second kappa shape index (κ2) is 4.75. The summed E-state index contributed by atoms with van der Waals surface area (Å²) in [7, 11) is 0. The van der Waals surface area contributed by atoms with Crippen molar-refractivity contribution in [2.75, 3.05) is 0 Å². The fraction of sp³-hybridized carbons (Fsp3) is 0.111. The Morgan fingerprint density at radius 3 is 2.69 bits per heavy atom. The van der Waals surface area contributed by atoms with E-state index in [1.54, 1.807) is 25.1 Å². The van der Waals surface area contributed by atoms with Crippen LogP contribution in [0.4, 0.5) is 0 Å². The molecule has 0 N–H and O–H groups in total. The molecule has 0 aliphatic rings. The maximum atomic E-state index is 5.87. The predicted molar refractivity (Wildman–Crippen MR) is 56.7 cm³/mol. The molecule has 0 bridgehead atoms. The van der Waals surface area contributed by atoms with Crippen molar-refractivity contribution < 1.29 is 4.74 Å². The summed E-state index contributed by atoms with van der Waals surface area (Å²) in [5.74, 6) is 1.06. The molecule has 0 aliphatic heterocycles. The molecule has 13 heavy (non-hydrogen) atoms. The first-order valence-corrected chi connectivity index (χ1v) is 4.73. The fourth-order valence-electron chi connectivity index (χ4n) is 0.759. The number of hydrogen-bond donors (Lipinski definition) is 0. The Morgan fingerprint density at radius 2 is 2.08 bits per heavy atom. The molecule has 0 saturated carbocycles. The molecular formula is C9H7Cl3O. The first kappa shape index (κ1) is 10.7. The fourth-order valence-corrected chi connectivity index (χ4v) is 1.13. The van der Waals surface area contributed by atoms with Crippen molar-refractivity contribution in [1.29, 1.82) is 0 Å². The van der Waals surface area contributed by atoms with E-state index in [0.29, 0.717) is 21.6 Å². The van der Waals surface area contributed by atoms with Crippen LogP contribution in [0.5, 0.6) is 5.75 Å². The molecule has 0 aromatic heterocycles. The molecule has 1 nitrogen and oxygen atoms in total. The summed E-state index contributed by atoms with van der Waals surface area (Å²) < 4.78 is 5.29. The van der Waals surface area contributed by atoms with Gasteiger partial charge in [0.2, 0.25) is 0 Å². The van der Waals surface area contributed by atoms with Gasteiger partial charge < -0.3 is 4.74 Å². The molecule has 0 atom stereocenters. The van der Waals surface area contributed by atoms with E-state index < -0.39 is 0 Å². The van der Waals surface area contributed by atoms with E-state index in [2.05, 4.69) is 0 Å². The van der Waals surface area contributed by atoms with Crippen LogP contribution in [0.2, 0.25) is 10.0 Å². The van der Waals surface area contributed by atoms with Crippen molar-refractivity contribution >= 4 is 34.8 Å². The molecule has 1 aromatic rings. The van der Waals surface area contributed by atoms with Crippen molar-refractivity contribution in [3.63, 3.8) is 0 Å². The average molecular weight is 238 g/mol. The maximum Gasteiger partial charge on any atom is 0.147 e. The Hall–Kier alpha value is -0.370. The van der Waals surface area contributed by atoms with Crippen LogP contribution in [-0.2, 0) is 0 Å². The van der Waals surface area contributed by atoms with Gasteiger partial charge in [-0.1, -0.05) is 40.9 Å². The van der Waals surface area contributed by atoms with E-state index in [0.717, 1.165) is 0 Å². The van der Waals surface area contributed by atoms with Crippen molar-refractivity contribution in [2.24, 2.45) is 0 Å². The highest BCUT2D eigenvalue weighted by Gasteiger charge is 2.05. The van der Waals surface area contributed by atoms with Gasteiger partial charge in [-0.2, -0.15) is 0 Å². The number of ether oxygens (including phenoxy) is 1. The third-order valence-electron chi connectivity index (χ3n) is 1.34. The van der Waals surface area contributed by atoms with Gasteiger partial charge in [0.15, 0.2) is 0 Å². The van der Waals surface area contributed by atoms with E-state index in [4.69, 9.17) is 39.5 Å². The van der Waals surface area contributed by atoms with Crippen LogP contribution in [0.15, 0.2) is 29.5 Å². The van der Waals surface area contributed by atoms with E-state index in [9.17, 15) is 0 Å². The quantitative estimate of drug-likeness (QED) is 0.690. The lowest BCUT2D eigenvalue weighted by Crippen LogP contribution is -1.90. The number of benzene rings is 1. The smallest absolute Gasteiger partial charge is 0.147 e. The molecule has 0 saturated heterocycles. The minimum Gasteiger partial charge on any atom is -0.459 e. The summed E-state index contributed by atoms with van der Waals surface area (Å²) in [5.41, 5.74) is 1.33. The molecule has 0 radical (unpaired) electrons. The lowest BCUT2D eigenvalue weighted by Gasteiger charge is -2.07. The van der Waals surface area contributed by atoms with E-state index in [-0.39, 0.29) is 0 Å². The van der Waals surface area contributed by atoms with Gasteiger partial charge in [-0.15, -0.1) is 0 Å². The van der Waals surface area contributed by atoms with E-state index in [1.807, 2.05) is 0 Å². The second-order valence-electron chi connectivity index (χ2n) is 2.37. The molecular weight excluding hydrogens is 230 g/mol.